The van der Waals surface area contributed by atoms with Gasteiger partial charge in [0.2, 0.25) is 0 Å². The van der Waals surface area contributed by atoms with Crippen molar-refractivity contribution in [3.63, 3.8) is 0 Å². The quantitative estimate of drug-likeness (QED) is 0.287. The van der Waals surface area contributed by atoms with Crippen LogP contribution >= 0.6 is 0 Å². The number of halogens is 4. The molecule has 3 aromatic rings. The largest absolute Gasteiger partial charge is 0.573 e. The zero-order valence-corrected chi connectivity index (χ0v) is 15.5. The predicted molar refractivity (Wildman–Crippen MR) is 103 cm³/mol. The molecule has 0 saturated carbocycles. The van der Waals surface area contributed by atoms with Crippen molar-refractivity contribution in [3.8, 4) is 28.7 Å². The van der Waals surface area contributed by atoms with E-state index in [1.54, 1.807) is 0 Å². The summed E-state index contributed by atoms with van der Waals surface area (Å²) in [5, 5.41) is 0. The van der Waals surface area contributed by atoms with E-state index in [-0.39, 0.29) is 5.56 Å². The predicted octanol–water partition coefficient (Wildman–Crippen LogP) is 6.26. The van der Waals surface area contributed by atoms with E-state index in [0.29, 0.717) is 0 Å². The highest BCUT2D eigenvalue weighted by molar-refractivity contribution is 5.77. The van der Waals surface area contributed by atoms with Gasteiger partial charge in [0.15, 0.2) is 11.6 Å². The van der Waals surface area contributed by atoms with Crippen molar-refractivity contribution in [3.05, 3.63) is 88.2 Å². The third kappa shape index (κ3) is 4.12. The van der Waals surface area contributed by atoms with Gasteiger partial charge in [0, 0.05) is 11.1 Å². The number of rotatable bonds is 2. The summed E-state index contributed by atoms with van der Waals surface area (Å²) < 4.78 is 54.1. The Bertz CT molecular complexity index is 1150. The van der Waals surface area contributed by atoms with Gasteiger partial charge in [-0.15, -0.1) is 13.2 Å². The van der Waals surface area contributed by atoms with Gasteiger partial charge in [-0.3, -0.25) is 0 Å². The van der Waals surface area contributed by atoms with Gasteiger partial charge < -0.3 is 4.74 Å². The Morgan fingerprint density at radius 1 is 0.862 bits per heavy atom. The van der Waals surface area contributed by atoms with E-state index < -0.39 is 17.9 Å². The molecule has 0 atom stereocenters. The summed E-state index contributed by atoms with van der Waals surface area (Å²) in [6.07, 6.45) is -3.11. The van der Waals surface area contributed by atoms with E-state index in [0.717, 1.165) is 30.5 Å². The first-order valence-corrected chi connectivity index (χ1v) is 9.15. The summed E-state index contributed by atoms with van der Waals surface area (Å²) in [6, 6.07) is 15.6. The molecule has 0 spiro atoms. The maximum Gasteiger partial charge on any atom is 0.573 e. The SMILES string of the molecule is CCc1ccc2c(c1)Cc1cc(C#Cc3ccc(OC(F)(F)F)c(F)c3)ccc1-2. The maximum atomic E-state index is 13.8. The van der Waals surface area contributed by atoms with Gasteiger partial charge in [0.25, 0.3) is 0 Å². The number of hydrogen-bond acceptors (Lipinski definition) is 1. The lowest BCUT2D eigenvalue weighted by molar-refractivity contribution is -0.275. The zero-order valence-electron chi connectivity index (χ0n) is 15.5. The third-order valence-electron chi connectivity index (χ3n) is 4.86. The van der Waals surface area contributed by atoms with Crippen LogP contribution in [0.3, 0.4) is 0 Å². The van der Waals surface area contributed by atoms with Crippen LogP contribution in [0.4, 0.5) is 17.6 Å². The molecule has 0 heterocycles. The fourth-order valence-electron chi connectivity index (χ4n) is 3.49. The number of fused-ring (bicyclic) bond motifs is 3. The van der Waals surface area contributed by atoms with Crippen molar-refractivity contribution in [1.29, 1.82) is 0 Å². The summed E-state index contributed by atoms with van der Waals surface area (Å²) in [7, 11) is 0. The van der Waals surface area contributed by atoms with Crippen molar-refractivity contribution >= 4 is 0 Å². The van der Waals surface area contributed by atoms with Gasteiger partial charge in [-0.25, -0.2) is 4.39 Å². The number of ether oxygens (including phenoxy) is 1. The highest BCUT2D eigenvalue weighted by atomic mass is 19.4. The van der Waals surface area contributed by atoms with Gasteiger partial charge in [0.05, 0.1) is 0 Å². The molecule has 0 N–H and O–H groups in total. The molecule has 0 saturated heterocycles. The fraction of sp³-hybridized carbons (Fsp3) is 0.167. The second-order valence-electron chi connectivity index (χ2n) is 6.84. The Morgan fingerprint density at radius 2 is 1.48 bits per heavy atom. The zero-order chi connectivity index (χ0) is 20.6. The van der Waals surface area contributed by atoms with Crippen LogP contribution in [0.1, 0.15) is 34.7 Å². The second kappa shape index (κ2) is 7.29. The molecule has 0 aliphatic heterocycles. The van der Waals surface area contributed by atoms with Crippen LogP contribution in [0.2, 0.25) is 0 Å². The van der Waals surface area contributed by atoms with E-state index >= 15 is 0 Å². The Labute approximate surface area is 166 Å². The third-order valence-corrected chi connectivity index (χ3v) is 4.86. The van der Waals surface area contributed by atoms with E-state index in [9.17, 15) is 17.6 Å². The first-order chi connectivity index (χ1) is 13.8. The van der Waals surface area contributed by atoms with Crippen molar-refractivity contribution in [2.75, 3.05) is 0 Å². The van der Waals surface area contributed by atoms with Crippen LogP contribution in [-0.2, 0) is 12.8 Å². The molecule has 1 nitrogen and oxygen atoms in total. The molecule has 0 amide bonds. The summed E-state index contributed by atoms with van der Waals surface area (Å²) in [5.41, 5.74) is 7.24. The molecule has 0 aromatic heterocycles. The number of alkyl halides is 3. The van der Waals surface area contributed by atoms with Crippen molar-refractivity contribution in [2.24, 2.45) is 0 Å². The molecule has 0 bridgehead atoms. The van der Waals surface area contributed by atoms with Crippen molar-refractivity contribution in [2.45, 2.75) is 26.1 Å². The fourth-order valence-corrected chi connectivity index (χ4v) is 3.49. The molecule has 29 heavy (non-hydrogen) atoms. The molecule has 5 heteroatoms. The smallest absolute Gasteiger partial charge is 0.403 e. The van der Waals surface area contributed by atoms with Crippen LogP contribution < -0.4 is 4.74 Å². The number of hydrogen-bond donors (Lipinski definition) is 0. The topological polar surface area (TPSA) is 9.23 Å². The lowest BCUT2D eigenvalue weighted by Gasteiger charge is -2.09. The Morgan fingerprint density at radius 3 is 2.14 bits per heavy atom. The highest BCUT2D eigenvalue weighted by Gasteiger charge is 2.32. The Kier molecular flexibility index (Phi) is 4.79. The minimum absolute atomic E-state index is 0.272. The van der Waals surface area contributed by atoms with Gasteiger partial charge in [-0.05, 0) is 71.0 Å². The van der Waals surface area contributed by atoms with E-state index in [1.165, 1.54) is 33.9 Å². The summed E-state index contributed by atoms with van der Waals surface area (Å²) in [5.74, 6) is 3.77. The monoisotopic (exact) mass is 396 g/mol. The van der Waals surface area contributed by atoms with Crippen LogP contribution in [0, 0.1) is 17.7 Å². The van der Waals surface area contributed by atoms with Gasteiger partial charge >= 0.3 is 6.36 Å². The molecular formula is C24H16F4O. The van der Waals surface area contributed by atoms with Crippen molar-refractivity contribution in [1.82, 2.24) is 0 Å². The van der Waals surface area contributed by atoms with Crippen LogP contribution in [0.25, 0.3) is 11.1 Å². The van der Waals surface area contributed by atoms with Crippen LogP contribution in [0.15, 0.2) is 54.6 Å². The first-order valence-electron chi connectivity index (χ1n) is 9.15. The van der Waals surface area contributed by atoms with Crippen molar-refractivity contribution < 1.29 is 22.3 Å². The van der Waals surface area contributed by atoms with Crippen LogP contribution in [-0.4, -0.2) is 6.36 Å². The lowest BCUT2D eigenvalue weighted by atomic mass is 10.0. The first kappa shape index (κ1) is 19.1. The minimum Gasteiger partial charge on any atom is -0.403 e. The maximum absolute atomic E-state index is 13.8. The molecule has 1 aliphatic rings. The standard InChI is InChI=1S/C24H16F4O/c1-2-15-5-8-20-18(11-15)14-19-12-16(6-9-21(19)20)3-4-17-7-10-23(22(25)13-17)29-24(26,27)28/h5-13H,2,14H2,1H3. The molecule has 1 aliphatic carbocycles. The second-order valence-corrected chi connectivity index (χ2v) is 6.84. The van der Waals surface area contributed by atoms with Gasteiger partial charge in [-0.1, -0.05) is 43.0 Å². The molecule has 0 unspecified atom stereocenters. The van der Waals surface area contributed by atoms with E-state index in [2.05, 4.69) is 41.7 Å². The molecule has 3 aromatic carbocycles. The molecule has 4 rings (SSSR count). The summed E-state index contributed by atoms with van der Waals surface area (Å²) >= 11 is 0. The Hall–Kier alpha value is -3.26. The Balaban J connectivity index is 1.56. The lowest BCUT2D eigenvalue weighted by Crippen LogP contribution is -2.17. The molecule has 146 valence electrons. The summed E-state index contributed by atoms with van der Waals surface area (Å²) in [6.45, 7) is 2.13. The normalized spacial score (nSPS) is 12.0. The molecule has 0 fully saturated rings. The van der Waals surface area contributed by atoms with E-state index in [4.69, 9.17) is 0 Å². The van der Waals surface area contributed by atoms with E-state index in [1.807, 2.05) is 18.2 Å². The van der Waals surface area contributed by atoms with Gasteiger partial charge in [-0.2, -0.15) is 0 Å². The molecular weight excluding hydrogens is 380 g/mol. The van der Waals surface area contributed by atoms with Crippen LogP contribution in [0.5, 0.6) is 5.75 Å². The summed E-state index contributed by atoms with van der Waals surface area (Å²) in [4.78, 5) is 0. The number of aryl methyl sites for hydroxylation is 1. The van der Waals surface area contributed by atoms with Gasteiger partial charge in [0.1, 0.15) is 0 Å². The highest BCUT2D eigenvalue weighted by Crippen LogP contribution is 2.37. The average Bonchev–Trinajstić information content (AvgIpc) is 3.04. The average molecular weight is 396 g/mol. The molecule has 0 radical (unpaired) electrons. The number of benzene rings is 3. The minimum atomic E-state index is -4.94.